The minimum absolute atomic E-state index is 1.15. The predicted molar refractivity (Wildman–Crippen MR) is 45.8 cm³/mol. The van der Waals surface area contributed by atoms with E-state index in [0.717, 1.165) is 5.57 Å². The average Bonchev–Trinajstić information content (AvgIpc) is 1.65. The molecule has 0 bridgehead atoms. The van der Waals surface area contributed by atoms with E-state index in [1.54, 1.807) is 5.54 Å². The Morgan fingerprint density at radius 3 is 1.33 bits per heavy atom. The molecule has 0 aliphatic carbocycles. The molecule has 0 amide bonds. The molecule has 1 heteroatoms. The molecule has 0 aromatic heterocycles. The summed E-state index contributed by atoms with van der Waals surface area (Å²) in [5, 5.41) is 0. The summed E-state index contributed by atoms with van der Waals surface area (Å²) >= 11 is 5.17. The minimum atomic E-state index is 1.15. The lowest BCUT2D eigenvalue weighted by Gasteiger charge is -1.71. The number of hydrogen-bond acceptors (Lipinski definition) is 0. The van der Waals surface area contributed by atoms with Gasteiger partial charge in [-0.2, -0.15) is 0 Å². The lowest BCUT2D eigenvalue weighted by atomic mass is 10.4. The van der Waals surface area contributed by atoms with Gasteiger partial charge < -0.3 is 0 Å². The summed E-state index contributed by atoms with van der Waals surface area (Å²) in [5.41, 5.74) is 3.87. The highest BCUT2D eigenvalue weighted by molar-refractivity contribution is 6.25. The van der Waals surface area contributed by atoms with Crippen molar-refractivity contribution in [2.75, 3.05) is 0 Å². The molecule has 0 nitrogen and oxygen atoms in total. The van der Waals surface area contributed by atoms with Crippen LogP contribution in [0.5, 0.6) is 0 Å². The minimum Gasteiger partial charge on any atom is -0.100 e. The van der Waals surface area contributed by atoms with Crippen LogP contribution in [0.15, 0.2) is 23.3 Å². The van der Waals surface area contributed by atoms with Gasteiger partial charge in [-0.1, -0.05) is 22.7 Å². The smallest absolute Gasteiger partial charge is 0.00288 e. The second kappa shape index (κ2) is 7.77. The molecule has 0 aromatic carbocycles. The molecule has 0 fully saturated rings. The number of halogens is 1. The normalized spacial score (nSPS) is 6.78. The summed E-state index contributed by atoms with van der Waals surface area (Å²) < 4.78 is 0. The van der Waals surface area contributed by atoms with Gasteiger partial charge in [0, 0.05) is 5.54 Å². The zero-order valence-corrected chi connectivity index (χ0v) is 7.42. The maximum absolute atomic E-state index is 5.17. The second-order valence-electron chi connectivity index (χ2n) is 2.39. The molecular formula is C8H15Cl. The maximum Gasteiger partial charge on any atom is 0.00288 e. The van der Waals surface area contributed by atoms with Gasteiger partial charge in [0.2, 0.25) is 0 Å². The van der Waals surface area contributed by atoms with E-state index in [1.807, 2.05) is 27.7 Å². The van der Waals surface area contributed by atoms with Crippen molar-refractivity contribution in [2.24, 2.45) is 0 Å². The lowest BCUT2D eigenvalue weighted by molar-refractivity contribution is 1.41. The molecule has 0 atom stereocenters. The average molecular weight is 147 g/mol. The molecule has 0 aliphatic heterocycles. The number of hydrogen-bond donors (Lipinski definition) is 0. The van der Waals surface area contributed by atoms with Crippen molar-refractivity contribution < 1.29 is 0 Å². The topological polar surface area (TPSA) is 0 Å². The zero-order chi connectivity index (χ0) is 7.86. The Balaban J connectivity index is 0. The molecular weight excluding hydrogens is 132 g/mol. The van der Waals surface area contributed by atoms with E-state index in [-0.39, 0.29) is 0 Å². The van der Waals surface area contributed by atoms with Gasteiger partial charge >= 0.3 is 0 Å². The Bertz CT molecular complexity index is 93.1. The fourth-order valence-corrected chi connectivity index (χ4v) is 0. The van der Waals surface area contributed by atoms with Crippen molar-refractivity contribution in [3.63, 3.8) is 0 Å². The molecule has 0 saturated carbocycles. The van der Waals surface area contributed by atoms with Gasteiger partial charge in [0.15, 0.2) is 0 Å². The second-order valence-corrected chi connectivity index (χ2v) is 2.61. The third kappa shape index (κ3) is 82.6. The maximum atomic E-state index is 5.17. The molecule has 54 valence electrons. The van der Waals surface area contributed by atoms with Crippen LogP contribution in [0.1, 0.15) is 27.7 Å². The highest BCUT2D eigenvalue weighted by atomic mass is 35.5. The van der Waals surface area contributed by atoms with Crippen LogP contribution in [0.4, 0.5) is 0 Å². The fraction of sp³-hybridized carbons (Fsp3) is 0.500. The molecule has 0 saturated heterocycles. The van der Waals surface area contributed by atoms with E-state index in [2.05, 4.69) is 6.58 Å². The molecule has 0 radical (unpaired) electrons. The highest BCUT2D eigenvalue weighted by Gasteiger charge is 1.62. The number of rotatable bonds is 0. The molecule has 0 N–H and O–H groups in total. The highest BCUT2D eigenvalue weighted by Crippen LogP contribution is 1.88. The first kappa shape index (κ1) is 11.6. The van der Waals surface area contributed by atoms with Gasteiger partial charge in [-0.05, 0) is 27.7 Å². The largest absolute Gasteiger partial charge is 0.100 e. The summed E-state index contributed by atoms with van der Waals surface area (Å²) in [4.78, 5) is 0. The lowest BCUT2D eigenvalue weighted by Crippen LogP contribution is -1.49. The van der Waals surface area contributed by atoms with Crippen molar-refractivity contribution in [2.45, 2.75) is 27.7 Å². The van der Waals surface area contributed by atoms with Gasteiger partial charge in [0.25, 0.3) is 0 Å². The Hall–Kier alpha value is -0.230. The summed E-state index contributed by atoms with van der Waals surface area (Å²) in [6, 6.07) is 0. The first-order valence-corrected chi connectivity index (χ1v) is 3.30. The van der Waals surface area contributed by atoms with Crippen LogP contribution in [0.3, 0.4) is 0 Å². The van der Waals surface area contributed by atoms with Crippen molar-refractivity contribution >= 4 is 11.6 Å². The molecule has 0 unspecified atom stereocenters. The van der Waals surface area contributed by atoms with Crippen molar-refractivity contribution in [1.82, 2.24) is 0 Å². The van der Waals surface area contributed by atoms with Crippen LogP contribution >= 0.6 is 11.6 Å². The summed E-state index contributed by atoms with van der Waals surface area (Å²) in [5.74, 6) is 0. The summed E-state index contributed by atoms with van der Waals surface area (Å²) in [6.07, 6.45) is 0. The van der Waals surface area contributed by atoms with Gasteiger partial charge in [-0.3, -0.25) is 0 Å². The Morgan fingerprint density at radius 2 is 1.33 bits per heavy atom. The standard InChI is InChI=1S/C4H7Cl.C4H8/c1-4(2)3-5;1-4(2)3/h3H,1-2H3;1H2,2-3H3. The van der Waals surface area contributed by atoms with Crippen LogP contribution < -0.4 is 0 Å². The molecule has 0 spiro atoms. The van der Waals surface area contributed by atoms with E-state index < -0.39 is 0 Å². The summed E-state index contributed by atoms with van der Waals surface area (Å²) in [7, 11) is 0. The van der Waals surface area contributed by atoms with E-state index in [4.69, 9.17) is 11.6 Å². The van der Waals surface area contributed by atoms with E-state index >= 15 is 0 Å². The third-order valence-electron chi connectivity index (χ3n) is 0.218. The zero-order valence-electron chi connectivity index (χ0n) is 6.66. The molecule has 0 aromatic rings. The fourth-order valence-electron chi connectivity index (χ4n) is 0. The Morgan fingerprint density at radius 1 is 1.22 bits per heavy atom. The SMILES string of the molecule is C=C(C)C.CC(C)=CCl. The van der Waals surface area contributed by atoms with Crippen molar-refractivity contribution in [1.29, 1.82) is 0 Å². The van der Waals surface area contributed by atoms with Crippen LogP contribution in [0, 0.1) is 0 Å². The molecule has 0 rings (SSSR count). The van der Waals surface area contributed by atoms with Gasteiger partial charge in [0.05, 0.1) is 0 Å². The van der Waals surface area contributed by atoms with Crippen LogP contribution in [0.25, 0.3) is 0 Å². The van der Waals surface area contributed by atoms with E-state index in [0.29, 0.717) is 0 Å². The molecule has 9 heavy (non-hydrogen) atoms. The number of allylic oxidation sites excluding steroid dienone is 2. The first-order valence-electron chi connectivity index (χ1n) is 2.86. The quantitative estimate of drug-likeness (QED) is 0.457. The van der Waals surface area contributed by atoms with Crippen LogP contribution in [-0.4, -0.2) is 0 Å². The third-order valence-corrected chi connectivity index (χ3v) is 0.655. The molecule has 0 aliphatic rings. The van der Waals surface area contributed by atoms with Gasteiger partial charge in [-0.25, -0.2) is 0 Å². The van der Waals surface area contributed by atoms with Crippen LogP contribution in [0.2, 0.25) is 0 Å². The monoisotopic (exact) mass is 146 g/mol. The Labute approximate surface area is 63.2 Å². The van der Waals surface area contributed by atoms with Crippen LogP contribution in [-0.2, 0) is 0 Å². The van der Waals surface area contributed by atoms with Gasteiger partial charge in [0.1, 0.15) is 0 Å². The van der Waals surface area contributed by atoms with Crippen molar-refractivity contribution in [3.8, 4) is 0 Å². The Kier molecular flexibility index (Phi) is 9.97. The van der Waals surface area contributed by atoms with E-state index in [1.165, 1.54) is 5.57 Å². The first-order chi connectivity index (χ1) is 4.00. The predicted octanol–water partition coefficient (Wildman–Crippen LogP) is 3.73. The van der Waals surface area contributed by atoms with E-state index in [9.17, 15) is 0 Å². The molecule has 0 heterocycles. The summed E-state index contributed by atoms with van der Waals surface area (Å²) in [6.45, 7) is 11.4. The van der Waals surface area contributed by atoms with Crippen molar-refractivity contribution in [3.05, 3.63) is 23.3 Å². The van der Waals surface area contributed by atoms with Gasteiger partial charge in [-0.15, -0.1) is 6.58 Å².